The van der Waals surface area contributed by atoms with E-state index < -0.39 is 11.4 Å². The van der Waals surface area contributed by atoms with E-state index in [1.807, 2.05) is 0 Å². The van der Waals surface area contributed by atoms with Crippen molar-refractivity contribution in [3.05, 3.63) is 62.7 Å². The Morgan fingerprint density at radius 3 is 2.68 bits per heavy atom. The summed E-state index contributed by atoms with van der Waals surface area (Å²) in [4.78, 5) is 29.0. The van der Waals surface area contributed by atoms with Crippen LogP contribution in [0.3, 0.4) is 0 Å². The van der Waals surface area contributed by atoms with Gasteiger partial charge in [0.1, 0.15) is 11.2 Å². The second kappa shape index (κ2) is 6.48. The first-order valence-electron chi connectivity index (χ1n) is 7.65. The lowest BCUT2D eigenvalue weighted by molar-refractivity contribution is 0.274. The molecule has 2 heterocycles. The Hall–Kier alpha value is -3.00. The van der Waals surface area contributed by atoms with Crippen LogP contribution < -0.4 is 16.4 Å². The van der Waals surface area contributed by atoms with Crippen molar-refractivity contribution in [1.82, 2.24) is 14.1 Å². The smallest absolute Gasteiger partial charge is 0.264 e. The first-order valence-corrected chi connectivity index (χ1v) is 7.65. The predicted molar refractivity (Wildman–Crippen MR) is 92.7 cm³/mol. The molecule has 0 aliphatic rings. The summed E-state index contributed by atoms with van der Waals surface area (Å²) in [5, 5.41) is 12.0. The van der Waals surface area contributed by atoms with Gasteiger partial charge in [0.2, 0.25) is 0 Å². The number of aromatic nitrogens is 3. The summed E-state index contributed by atoms with van der Waals surface area (Å²) in [7, 11) is 1.50. The standard InChI is InChI=1S/C17H17FN4O3/c1-10-3-4-12(11(18)7-10)20-13-8-14(24)21(2)16-15(13)17(25)22(5-6-23)9-19-16/h3-4,7-9,20,23H,5-6H2,1-2H3. The summed E-state index contributed by atoms with van der Waals surface area (Å²) in [5.41, 5.74) is 0.451. The molecule has 0 saturated heterocycles. The number of hydrogen-bond donors (Lipinski definition) is 2. The highest BCUT2D eigenvalue weighted by Gasteiger charge is 2.15. The molecule has 3 rings (SSSR count). The van der Waals surface area contributed by atoms with Crippen molar-refractivity contribution in [2.24, 2.45) is 7.05 Å². The zero-order chi connectivity index (χ0) is 18.1. The Labute approximate surface area is 142 Å². The van der Waals surface area contributed by atoms with Gasteiger partial charge in [0.05, 0.1) is 30.9 Å². The highest BCUT2D eigenvalue weighted by molar-refractivity contribution is 5.90. The van der Waals surface area contributed by atoms with Gasteiger partial charge in [0.15, 0.2) is 5.65 Å². The number of benzene rings is 1. The van der Waals surface area contributed by atoms with Crippen LogP contribution in [0.25, 0.3) is 11.0 Å². The molecule has 25 heavy (non-hydrogen) atoms. The van der Waals surface area contributed by atoms with Crippen molar-refractivity contribution in [3.8, 4) is 0 Å². The molecular weight excluding hydrogens is 327 g/mol. The number of aliphatic hydroxyl groups is 1. The van der Waals surface area contributed by atoms with Gasteiger partial charge in [-0.1, -0.05) is 6.07 Å². The predicted octanol–water partition coefficient (Wildman–Crippen LogP) is 1.28. The van der Waals surface area contributed by atoms with E-state index in [1.165, 1.54) is 40.7 Å². The van der Waals surface area contributed by atoms with E-state index in [4.69, 9.17) is 5.11 Å². The number of aryl methyl sites for hydroxylation is 2. The average Bonchev–Trinajstić information content (AvgIpc) is 2.57. The van der Waals surface area contributed by atoms with Gasteiger partial charge in [-0.25, -0.2) is 9.37 Å². The lowest BCUT2D eigenvalue weighted by atomic mass is 10.2. The molecule has 0 amide bonds. The fourth-order valence-electron chi connectivity index (χ4n) is 2.60. The van der Waals surface area contributed by atoms with Crippen LogP contribution in [0.5, 0.6) is 0 Å². The molecule has 0 bridgehead atoms. The molecule has 0 radical (unpaired) electrons. The Morgan fingerprint density at radius 2 is 2.00 bits per heavy atom. The number of hydrogen-bond acceptors (Lipinski definition) is 5. The van der Waals surface area contributed by atoms with Crippen LogP contribution in [-0.4, -0.2) is 25.8 Å². The molecule has 0 unspecified atom stereocenters. The summed E-state index contributed by atoms with van der Waals surface area (Å²) in [6, 6.07) is 5.84. The lowest BCUT2D eigenvalue weighted by Gasteiger charge is -2.13. The molecule has 0 aliphatic heterocycles. The van der Waals surface area contributed by atoms with Crippen molar-refractivity contribution in [2.75, 3.05) is 11.9 Å². The third-order valence-corrected chi connectivity index (χ3v) is 3.94. The van der Waals surface area contributed by atoms with Crippen molar-refractivity contribution < 1.29 is 9.50 Å². The number of rotatable bonds is 4. The molecule has 0 atom stereocenters. The maximum Gasteiger partial charge on any atom is 0.264 e. The van der Waals surface area contributed by atoms with Crippen molar-refractivity contribution in [2.45, 2.75) is 13.5 Å². The Balaban J connectivity index is 2.26. The van der Waals surface area contributed by atoms with Gasteiger partial charge in [-0.3, -0.25) is 18.7 Å². The molecule has 130 valence electrons. The second-order valence-corrected chi connectivity index (χ2v) is 5.73. The van der Waals surface area contributed by atoms with E-state index in [0.29, 0.717) is 0 Å². The number of halogens is 1. The van der Waals surface area contributed by atoms with Crippen molar-refractivity contribution >= 4 is 22.4 Å². The van der Waals surface area contributed by atoms with Gasteiger partial charge < -0.3 is 10.4 Å². The molecule has 1 aromatic carbocycles. The number of anilines is 2. The lowest BCUT2D eigenvalue weighted by Crippen LogP contribution is -2.27. The van der Waals surface area contributed by atoms with Crippen LogP contribution >= 0.6 is 0 Å². The molecule has 0 spiro atoms. The van der Waals surface area contributed by atoms with E-state index in [-0.39, 0.29) is 41.1 Å². The molecule has 2 aromatic heterocycles. The molecule has 7 nitrogen and oxygen atoms in total. The second-order valence-electron chi connectivity index (χ2n) is 5.73. The monoisotopic (exact) mass is 344 g/mol. The Bertz CT molecular complexity index is 1070. The van der Waals surface area contributed by atoms with Gasteiger partial charge in [0.25, 0.3) is 11.1 Å². The molecule has 0 aliphatic carbocycles. The average molecular weight is 344 g/mol. The summed E-state index contributed by atoms with van der Waals surface area (Å²) in [6.07, 6.45) is 1.27. The first-order chi connectivity index (χ1) is 11.9. The maximum atomic E-state index is 14.1. The van der Waals surface area contributed by atoms with Gasteiger partial charge >= 0.3 is 0 Å². The number of pyridine rings is 1. The van der Waals surface area contributed by atoms with Gasteiger partial charge in [0, 0.05) is 13.1 Å². The van der Waals surface area contributed by atoms with E-state index >= 15 is 0 Å². The van der Waals surface area contributed by atoms with Crippen molar-refractivity contribution in [1.29, 1.82) is 0 Å². The van der Waals surface area contributed by atoms with E-state index in [1.54, 1.807) is 13.0 Å². The largest absolute Gasteiger partial charge is 0.395 e. The van der Waals surface area contributed by atoms with Gasteiger partial charge in [-0.05, 0) is 24.6 Å². The molecular formula is C17H17FN4O3. The summed E-state index contributed by atoms with van der Waals surface area (Å²) < 4.78 is 16.6. The summed E-state index contributed by atoms with van der Waals surface area (Å²) >= 11 is 0. The van der Waals surface area contributed by atoms with Crippen LogP contribution in [0.1, 0.15) is 5.56 Å². The minimum Gasteiger partial charge on any atom is -0.395 e. The van der Waals surface area contributed by atoms with E-state index in [0.717, 1.165) is 5.56 Å². The van der Waals surface area contributed by atoms with Crippen LogP contribution in [0.2, 0.25) is 0 Å². The number of fused-ring (bicyclic) bond motifs is 1. The molecule has 2 N–H and O–H groups in total. The summed E-state index contributed by atoms with van der Waals surface area (Å²) in [6.45, 7) is 1.61. The Kier molecular flexibility index (Phi) is 4.37. The van der Waals surface area contributed by atoms with Crippen molar-refractivity contribution in [3.63, 3.8) is 0 Å². The zero-order valence-electron chi connectivity index (χ0n) is 13.8. The SMILES string of the molecule is Cc1ccc(Nc2cc(=O)n(C)c3ncn(CCO)c(=O)c23)c(F)c1. The third-order valence-electron chi connectivity index (χ3n) is 3.94. The number of aliphatic hydroxyl groups excluding tert-OH is 1. The number of nitrogens with one attached hydrogen (secondary N) is 1. The molecule has 3 aromatic rings. The fraction of sp³-hybridized carbons (Fsp3) is 0.235. The van der Waals surface area contributed by atoms with Crippen LogP contribution in [-0.2, 0) is 13.6 Å². The van der Waals surface area contributed by atoms with Crippen LogP contribution in [0.15, 0.2) is 40.2 Å². The highest BCUT2D eigenvalue weighted by atomic mass is 19.1. The van der Waals surface area contributed by atoms with E-state index in [9.17, 15) is 14.0 Å². The van der Waals surface area contributed by atoms with Crippen LogP contribution in [0.4, 0.5) is 15.8 Å². The number of nitrogens with zero attached hydrogens (tertiary/aromatic N) is 3. The topological polar surface area (TPSA) is 89.2 Å². The highest BCUT2D eigenvalue weighted by Crippen LogP contribution is 2.23. The molecule has 8 heteroatoms. The summed E-state index contributed by atoms with van der Waals surface area (Å²) in [5.74, 6) is -0.492. The normalized spacial score (nSPS) is 11.0. The molecule has 0 saturated carbocycles. The fourth-order valence-corrected chi connectivity index (χ4v) is 2.60. The van der Waals surface area contributed by atoms with Crippen LogP contribution in [0, 0.1) is 12.7 Å². The molecule has 0 fully saturated rings. The quantitative estimate of drug-likeness (QED) is 0.744. The third kappa shape index (κ3) is 3.03. The van der Waals surface area contributed by atoms with Gasteiger partial charge in [-0.15, -0.1) is 0 Å². The minimum absolute atomic E-state index is 0.0724. The Morgan fingerprint density at radius 1 is 1.24 bits per heavy atom. The van der Waals surface area contributed by atoms with Gasteiger partial charge in [-0.2, -0.15) is 0 Å². The maximum absolute atomic E-state index is 14.1. The minimum atomic E-state index is -0.492. The zero-order valence-corrected chi connectivity index (χ0v) is 13.8. The first kappa shape index (κ1) is 16.8. The van der Waals surface area contributed by atoms with E-state index in [2.05, 4.69) is 10.3 Å².